The lowest BCUT2D eigenvalue weighted by atomic mass is 10.0. The lowest BCUT2D eigenvalue weighted by molar-refractivity contribution is -0.380. The predicted molar refractivity (Wildman–Crippen MR) is 272 cm³/mol. The third-order valence-electron chi connectivity index (χ3n) is 13.5. The number of aromatic amines is 2. The molecule has 24 heteroatoms. The van der Waals surface area contributed by atoms with Crippen molar-refractivity contribution in [1.29, 1.82) is 0 Å². The van der Waals surface area contributed by atoms with Crippen molar-refractivity contribution in [3.8, 4) is 11.8 Å². The van der Waals surface area contributed by atoms with Crippen LogP contribution in [0, 0.1) is 24.6 Å². The summed E-state index contributed by atoms with van der Waals surface area (Å²) in [6.45, 7) is 7.20. The number of fused-ring (bicyclic) bond motifs is 4. The molecule has 0 spiro atoms. The highest BCUT2D eigenvalue weighted by molar-refractivity contribution is 6.14. The number of primary amides is 1. The van der Waals surface area contributed by atoms with Gasteiger partial charge in [0.1, 0.15) is 35.7 Å². The molecule has 75 heavy (non-hydrogen) atoms. The summed E-state index contributed by atoms with van der Waals surface area (Å²) in [5.41, 5.74) is 7.99. The Hall–Kier alpha value is -8.44. The van der Waals surface area contributed by atoms with Gasteiger partial charge in [-0.15, -0.1) is 0 Å². The fraction of sp³-hybridized carbons (Fsp3) is 0.431. The highest BCUT2D eigenvalue weighted by Gasteiger charge is 2.47. The molecule has 2 fully saturated rings. The molecule has 6 heterocycles. The Morgan fingerprint density at radius 2 is 1.71 bits per heavy atom. The molecule has 2 saturated heterocycles. The topological polar surface area (TPSA) is 302 Å². The van der Waals surface area contributed by atoms with Crippen molar-refractivity contribution in [3.05, 3.63) is 78.1 Å². The summed E-state index contributed by atoms with van der Waals surface area (Å²) in [5.74, 6) is -1.25. The Morgan fingerprint density at radius 3 is 2.41 bits per heavy atom. The van der Waals surface area contributed by atoms with Crippen molar-refractivity contribution >= 4 is 80.8 Å². The number of rotatable bonds is 22. The van der Waals surface area contributed by atoms with E-state index in [2.05, 4.69) is 51.4 Å². The number of aromatic nitrogens is 5. The highest BCUT2D eigenvalue weighted by atomic mass is 19.1. The van der Waals surface area contributed by atoms with Crippen molar-refractivity contribution in [2.24, 2.45) is 17.6 Å². The number of amides is 8. The van der Waals surface area contributed by atoms with Crippen LogP contribution in [0.25, 0.3) is 21.9 Å². The number of nitrogens with one attached hydrogen (secondary N) is 7. The Bertz CT molecular complexity index is 2970. The monoisotopic (exact) mass is 1030 g/mol. The minimum Gasteiger partial charge on any atom is -0.445 e. The average Bonchev–Trinajstić information content (AvgIpc) is 4.18. The van der Waals surface area contributed by atoms with Crippen molar-refractivity contribution in [1.82, 2.24) is 45.7 Å². The first-order valence-corrected chi connectivity index (χ1v) is 25.0. The zero-order chi connectivity index (χ0) is 53.3. The van der Waals surface area contributed by atoms with Crippen LogP contribution in [0.15, 0.2) is 60.9 Å². The number of urea groups is 1. The summed E-state index contributed by atoms with van der Waals surface area (Å²) in [6.07, 6.45) is 7.90. The normalized spacial score (nSPS) is 16.9. The van der Waals surface area contributed by atoms with E-state index >= 15 is 4.39 Å². The second kappa shape index (κ2) is 23.6. The first kappa shape index (κ1) is 52.9. The maximum Gasteiger partial charge on any atom is 0.439 e. The molecule has 23 nitrogen and oxygen atoms in total. The van der Waals surface area contributed by atoms with Crippen LogP contribution < -0.4 is 46.9 Å². The van der Waals surface area contributed by atoms with E-state index in [9.17, 15) is 33.6 Å². The molecule has 3 aliphatic rings. The van der Waals surface area contributed by atoms with Gasteiger partial charge in [-0.2, -0.15) is 0 Å². The summed E-state index contributed by atoms with van der Waals surface area (Å²) in [7, 11) is 1.71. The molecule has 8 amide bonds. The summed E-state index contributed by atoms with van der Waals surface area (Å²) in [5, 5.41) is 15.2. The largest absolute Gasteiger partial charge is 0.445 e. The van der Waals surface area contributed by atoms with Crippen LogP contribution in [0.2, 0.25) is 0 Å². The van der Waals surface area contributed by atoms with E-state index in [0.717, 1.165) is 11.3 Å². The zero-order valence-corrected chi connectivity index (χ0v) is 42.2. The molecule has 2 aromatic carbocycles. The van der Waals surface area contributed by atoms with E-state index in [1.54, 1.807) is 69.4 Å². The zero-order valence-electron chi connectivity index (χ0n) is 42.2. The number of carbonyl (C=O) groups is 7. The molecule has 0 aliphatic carbocycles. The number of benzene rings is 2. The number of H-pyrrole nitrogens is 2. The van der Waals surface area contributed by atoms with E-state index in [4.69, 9.17) is 20.2 Å². The summed E-state index contributed by atoms with van der Waals surface area (Å²) in [4.78, 5) is 114. The number of likely N-dealkylation sites (tertiary alicyclic amines) is 1. The lowest BCUT2D eigenvalue weighted by Gasteiger charge is -2.25. The van der Waals surface area contributed by atoms with Gasteiger partial charge in [-0.05, 0) is 79.8 Å². The summed E-state index contributed by atoms with van der Waals surface area (Å²) in [6, 6.07) is 6.80. The Labute approximate surface area is 430 Å². The van der Waals surface area contributed by atoms with Crippen molar-refractivity contribution in [3.63, 3.8) is 0 Å². The predicted octanol–water partition coefficient (Wildman–Crippen LogP) is 3.95. The number of hydrogen-bond donors (Lipinski definition) is 7. The molecule has 0 unspecified atom stereocenters. The van der Waals surface area contributed by atoms with Crippen LogP contribution in [0.4, 0.5) is 31.2 Å². The minimum absolute atomic E-state index is 0.0479. The number of nitrogens with zero attached hydrogens (tertiary/aromatic N) is 6. The van der Waals surface area contributed by atoms with Gasteiger partial charge in [0, 0.05) is 62.2 Å². The fourth-order valence-corrected chi connectivity index (χ4v) is 9.62. The molecule has 0 saturated carbocycles. The molecular weight excluding hydrogens is 972 g/mol. The van der Waals surface area contributed by atoms with Crippen LogP contribution >= 0.6 is 0 Å². The van der Waals surface area contributed by atoms with Gasteiger partial charge in [0.25, 0.3) is 11.8 Å². The second-order valence-corrected chi connectivity index (χ2v) is 19.1. The van der Waals surface area contributed by atoms with Gasteiger partial charge in [-0.3, -0.25) is 33.8 Å². The maximum atomic E-state index is 15.0. The Morgan fingerprint density at radius 1 is 0.960 bits per heavy atom. The number of ether oxygens (including phenoxy) is 2. The number of carbonyl (C=O) groups excluding carboxylic acids is 7. The van der Waals surface area contributed by atoms with Crippen LogP contribution in [0.3, 0.4) is 0 Å². The van der Waals surface area contributed by atoms with Gasteiger partial charge >= 0.3 is 18.1 Å². The number of imide groups is 1. The summed E-state index contributed by atoms with van der Waals surface area (Å²) < 4.78 is 26.9. The third kappa shape index (κ3) is 12.9. The van der Waals surface area contributed by atoms with Gasteiger partial charge in [0.05, 0.1) is 42.7 Å². The first-order valence-electron chi connectivity index (χ1n) is 25.0. The smallest absolute Gasteiger partial charge is 0.439 e. The second-order valence-electron chi connectivity index (χ2n) is 19.1. The molecule has 3 aliphatic heterocycles. The van der Waals surface area contributed by atoms with Gasteiger partial charge in [-0.25, -0.2) is 28.9 Å². The number of anilines is 3. The number of aryl methyl sites for hydroxylation is 1. The molecule has 4 atom stereocenters. The Kier molecular flexibility index (Phi) is 16.6. The lowest BCUT2D eigenvalue weighted by Crippen LogP contribution is -2.54. The number of nitrogens with two attached hydrogens (primary N) is 1. The molecule has 5 aromatic rings. The third-order valence-corrected chi connectivity index (χ3v) is 13.5. The van der Waals surface area contributed by atoms with Crippen LogP contribution in [0.5, 0.6) is 11.8 Å². The van der Waals surface area contributed by atoms with Crippen LogP contribution in [-0.4, -0.2) is 129 Å². The van der Waals surface area contributed by atoms with E-state index < -0.39 is 41.8 Å². The van der Waals surface area contributed by atoms with Crippen molar-refractivity contribution in [2.45, 2.75) is 90.4 Å². The molecule has 9 N–H and O–H groups in total. The molecule has 0 radical (unpaired) electrons. The van der Waals surface area contributed by atoms with E-state index in [0.29, 0.717) is 102 Å². The first-order chi connectivity index (χ1) is 36.0. The van der Waals surface area contributed by atoms with E-state index in [-0.39, 0.29) is 74.1 Å². The molecule has 3 aromatic heterocycles. The van der Waals surface area contributed by atoms with E-state index in [1.165, 1.54) is 24.3 Å². The molecule has 396 valence electrons. The van der Waals surface area contributed by atoms with Gasteiger partial charge in [-0.1, -0.05) is 32.4 Å². The molecular formula is C51H62FN14O9+. The van der Waals surface area contributed by atoms with E-state index in [1.807, 2.05) is 0 Å². The minimum atomic E-state index is -1.06. The molecule has 0 bridgehead atoms. The van der Waals surface area contributed by atoms with Gasteiger partial charge in [0.2, 0.25) is 29.2 Å². The average molecular weight is 1030 g/mol. The van der Waals surface area contributed by atoms with Crippen LogP contribution in [0.1, 0.15) is 70.2 Å². The Balaban J connectivity index is 0.864. The standard InChI is InChI=1S/C51H61FN14O9/c1-28(2)43(60-39(67)10-6-5-7-19-66-40(68)15-16-41(66)69)48(71)59-36(9-8-18-55-49(53)72)47(70)58-33-13-11-30(12-14-33)27-74-51(73)65-20-17-31-25-64(26-38(31)65)46-42-35-21-32(52)22-37(54-4)44(35)61-45(42)62-50(63-46)75-34-23-56-29(3)57-24-34/h11-16,21-24,28,31,36,38,43,54H,5-10,17-20,25-27H2,1-4H3,(H,58,70)(H,59,71)(H,60,67)(H3,53,55,72)(H,61,62,63)/p+1/t31-,36-,38+,43-/m0/s1. The number of hydrogen-bond acceptors (Lipinski definition) is 14. The number of unbranched alkanes of at least 4 members (excludes halogenated alkanes) is 2. The van der Waals surface area contributed by atoms with Crippen LogP contribution in [-0.2, 0) is 35.3 Å². The fourth-order valence-electron chi connectivity index (χ4n) is 9.62. The highest BCUT2D eigenvalue weighted by Crippen LogP contribution is 2.40. The SMILES string of the molecule is CNc1cc(F)cc2c1[nH]c1nc(Oc3cnc(C)nc3)[nH+]c(N3C[C@@H]4CCN(C(=O)OCc5ccc(NC(=O)[C@H](CCCNC(N)=O)NC(=O)[C@@H](NC(=O)CCCCCN6C(=O)C=CC6=O)C(C)C)cc5)[C@@H]4C3)c12. The number of halogens is 1. The maximum absolute atomic E-state index is 15.0. The van der Waals surface area contributed by atoms with Gasteiger partial charge in [0.15, 0.2) is 5.75 Å². The van der Waals surface area contributed by atoms with Gasteiger partial charge < -0.3 is 51.7 Å². The summed E-state index contributed by atoms with van der Waals surface area (Å²) >= 11 is 0. The van der Waals surface area contributed by atoms with Crippen molar-refractivity contribution in [2.75, 3.05) is 55.3 Å². The quantitative estimate of drug-likeness (QED) is 0.0382. The molecule has 8 rings (SSSR count). The van der Waals surface area contributed by atoms with Crippen molar-refractivity contribution < 1.29 is 52.4 Å².